The van der Waals surface area contributed by atoms with Crippen LogP contribution in [0.15, 0.2) is 41.3 Å². The van der Waals surface area contributed by atoms with Gasteiger partial charge in [0.05, 0.1) is 11.7 Å². The first-order valence-corrected chi connectivity index (χ1v) is 10.5. The molecule has 5 N–H and O–H groups in total. The van der Waals surface area contributed by atoms with E-state index in [1.54, 1.807) is 24.3 Å². The van der Waals surface area contributed by atoms with Crippen molar-refractivity contribution in [2.45, 2.75) is 30.6 Å². The summed E-state index contributed by atoms with van der Waals surface area (Å²) in [6.45, 7) is 0. The molecule has 32 heavy (non-hydrogen) atoms. The monoisotopic (exact) mass is 481 g/mol. The summed E-state index contributed by atoms with van der Waals surface area (Å²) in [7, 11) is -5.11. The van der Waals surface area contributed by atoms with Gasteiger partial charge in [-0.2, -0.15) is 4.98 Å². The van der Waals surface area contributed by atoms with Crippen molar-refractivity contribution in [2.24, 2.45) is 0 Å². The molecule has 1 aromatic heterocycles. The molecule has 0 saturated carbocycles. The summed E-state index contributed by atoms with van der Waals surface area (Å²) in [4.78, 5) is 37.6. The molecule has 0 unspecified atom stereocenters. The summed E-state index contributed by atoms with van der Waals surface area (Å²) in [5.41, 5.74) is 5.62. The van der Waals surface area contributed by atoms with Crippen LogP contribution in [0.25, 0.3) is 0 Å². The molecule has 1 aromatic carbocycles. The Morgan fingerprint density at radius 1 is 1.19 bits per heavy atom. The van der Waals surface area contributed by atoms with Crippen LogP contribution in [0.5, 0.6) is 0 Å². The van der Waals surface area contributed by atoms with Gasteiger partial charge in [-0.25, -0.2) is 4.79 Å². The first kappa shape index (κ1) is 29.5. The van der Waals surface area contributed by atoms with Gasteiger partial charge < -0.3 is 40.1 Å². The topological polar surface area (TPSA) is 194 Å². The molecule has 3 rings (SSSR count). The van der Waals surface area contributed by atoms with Gasteiger partial charge in [0, 0.05) is 17.9 Å². The summed E-state index contributed by atoms with van der Waals surface area (Å²) in [5.74, 6) is 5.41. The maximum Gasteiger partial charge on any atom is 1.00 e. The van der Waals surface area contributed by atoms with Crippen molar-refractivity contribution >= 4 is 13.4 Å². The number of anilines is 1. The number of aliphatic hydroxyl groups excluding tert-OH is 3. The van der Waals surface area contributed by atoms with Gasteiger partial charge >= 0.3 is 64.8 Å². The van der Waals surface area contributed by atoms with Gasteiger partial charge in [-0.15, -0.1) is 0 Å². The summed E-state index contributed by atoms with van der Waals surface area (Å²) in [6.07, 6.45) is -8.57. The van der Waals surface area contributed by atoms with Crippen LogP contribution >= 0.6 is 7.60 Å². The predicted molar refractivity (Wildman–Crippen MR) is 99.7 cm³/mol. The van der Waals surface area contributed by atoms with Crippen LogP contribution in [0.3, 0.4) is 0 Å². The molecule has 160 valence electrons. The third-order valence-electron chi connectivity index (χ3n) is 4.44. The Hall–Kier alpha value is -0.550. The van der Waals surface area contributed by atoms with Crippen LogP contribution in [0, 0.1) is 11.8 Å². The fraction of sp³-hybridized carbons (Fsp3) is 0.333. The molecule has 2 aromatic rings. The number of aromatic nitrogens is 2. The maximum atomic E-state index is 12.3. The molecule has 0 aliphatic carbocycles. The molecule has 0 spiro atoms. The molecule has 2 heterocycles. The third kappa shape index (κ3) is 7.22. The Balaban J connectivity index is 0.00000256. The molecule has 5 atom stereocenters. The quantitative estimate of drug-likeness (QED) is 0.185. The van der Waals surface area contributed by atoms with Crippen molar-refractivity contribution < 1.29 is 93.5 Å². The molecular formula is C18H18N3Na2O8P. The number of rotatable bonds is 4. The summed E-state index contributed by atoms with van der Waals surface area (Å²) in [6, 6.07) is 8.89. The zero-order chi connectivity index (χ0) is 22.1. The Kier molecular flexibility index (Phi) is 11.3. The Labute approximate surface area is 227 Å². The SMILES string of the molecule is Nc1nc(=O)n([C@@H]2O[C@H]([C@H](O)CP(=O)([O-])[O-])[C@@H](O)[C@H]2O)cc1C#Cc1ccccc1.[Na+].[Na+]. The van der Waals surface area contributed by atoms with Crippen LogP contribution in [0.2, 0.25) is 0 Å². The van der Waals surface area contributed by atoms with Crippen molar-refractivity contribution in [1.29, 1.82) is 0 Å². The second-order valence-electron chi connectivity index (χ2n) is 6.68. The molecule has 1 fully saturated rings. The summed E-state index contributed by atoms with van der Waals surface area (Å²) < 4.78 is 17.0. The number of aliphatic hydroxyl groups is 3. The van der Waals surface area contributed by atoms with E-state index in [1.165, 1.54) is 6.20 Å². The first-order chi connectivity index (χ1) is 14.1. The van der Waals surface area contributed by atoms with E-state index in [0.29, 0.717) is 5.56 Å². The number of benzene rings is 1. The van der Waals surface area contributed by atoms with E-state index in [9.17, 15) is 34.5 Å². The number of ether oxygens (including phenoxy) is 1. The van der Waals surface area contributed by atoms with E-state index in [4.69, 9.17) is 10.5 Å². The van der Waals surface area contributed by atoms with Gasteiger partial charge in [0.15, 0.2) is 6.23 Å². The minimum Gasteiger partial charge on any atom is -0.811 e. The number of nitrogens with two attached hydrogens (primary N) is 1. The third-order valence-corrected chi connectivity index (χ3v) is 5.26. The van der Waals surface area contributed by atoms with Crippen molar-refractivity contribution in [2.75, 3.05) is 11.9 Å². The van der Waals surface area contributed by atoms with Crippen LogP contribution in [0.1, 0.15) is 17.4 Å². The average molecular weight is 481 g/mol. The Bertz CT molecular complexity index is 1090. The minimum atomic E-state index is -5.11. The van der Waals surface area contributed by atoms with E-state index in [0.717, 1.165) is 4.57 Å². The molecule has 0 bridgehead atoms. The van der Waals surface area contributed by atoms with Crippen LogP contribution in [0.4, 0.5) is 5.82 Å². The number of nitrogens with zero attached hydrogens (tertiary/aromatic N) is 2. The zero-order valence-electron chi connectivity index (χ0n) is 17.4. The normalized spacial score (nSPS) is 23.3. The van der Waals surface area contributed by atoms with Crippen LogP contribution in [-0.2, 0) is 9.30 Å². The van der Waals surface area contributed by atoms with Gasteiger partial charge in [0.1, 0.15) is 24.1 Å². The van der Waals surface area contributed by atoms with Crippen molar-refractivity contribution in [3.05, 3.63) is 58.1 Å². The second kappa shape index (κ2) is 12.2. The Morgan fingerprint density at radius 2 is 1.81 bits per heavy atom. The number of nitrogen functional groups attached to an aromatic ring is 1. The van der Waals surface area contributed by atoms with Crippen molar-refractivity contribution in [3.63, 3.8) is 0 Å². The summed E-state index contributed by atoms with van der Waals surface area (Å²) in [5, 5.41) is 30.3. The molecule has 1 saturated heterocycles. The fourth-order valence-corrected chi connectivity index (χ4v) is 3.65. The first-order valence-electron chi connectivity index (χ1n) is 8.73. The second-order valence-corrected chi connectivity index (χ2v) is 8.27. The van der Waals surface area contributed by atoms with E-state index in [-0.39, 0.29) is 70.5 Å². The molecule has 0 radical (unpaired) electrons. The minimum absolute atomic E-state index is 0. The van der Waals surface area contributed by atoms with E-state index in [2.05, 4.69) is 16.8 Å². The molecular weight excluding hydrogens is 463 g/mol. The standard InChI is InChI=1S/C18H20N3O8P.2Na/c19-16-11(7-6-10-4-2-1-3-5-10)8-21(18(25)20-16)17-14(24)13(23)15(29-17)12(22)9-30(26,27)28;;/h1-5,8,12-15,17,22-24H,9H2,(H2,19,20,25)(H2,26,27,28);;/q;2*+1/p-2/t12-,13+,14-,15-,17-;;/m1../s1. The molecule has 0 amide bonds. The van der Waals surface area contributed by atoms with Gasteiger partial charge in [-0.3, -0.25) is 4.57 Å². The maximum absolute atomic E-state index is 12.3. The van der Waals surface area contributed by atoms with Crippen molar-refractivity contribution in [3.8, 4) is 11.8 Å². The van der Waals surface area contributed by atoms with Crippen LogP contribution in [-0.4, -0.2) is 55.4 Å². The van der Waals surface area contributed by atoms with Gasteiger partial charge in [0.25, 0.3) is 0 Å². The van der Waals surface area contributed by atoms with E-state index < -0.39 is 50.1 Å². The van der Waals surface area contributed by atoms with E-state index >= 15 is 0 Å². The summed E-state index contributed by atoms with van der Waals surface area (Å²) >= 11 is 0. The predicted octanol–water partition coefficient (Wildman–Crippen LogP) is -8.87. The molecule has 11 nitrogen and oxygen atoms in total. The largest absolute Gasteiger partial charge is 1.00 e. The zero-order valence-corrected chi connectivity index (χ0v) is 22.3. The number of hydrogen-bond donors (Lipinski definition) is 4. The van der Waals surface area contributed by atoms with Gasteiger partial charge in [0.2, 0.25) is 0 Å². The van der Waals surface area contributed by atoms with Gasteiger partial charge in [-0.05, 0) is 12.1 Å². The molecule has 1 aliphatic rings. The fourth-order valence-electron chi connectivity index (χ4n) is 2.99. The molecule has 14 heteroatoms. The van der Waals surface area contributed by atoms with Crippen molar-refractivity contribution in [1.82, 2.24) is 9.55 Å². The Morgan fingerprint density at radius 3 is 2.41 bits per heavy atom. The smallest absolute Gasteiger partial charge is 0.811 e. The van der Waals surface area contributed by atoms with Gasteiger partial charge in [-0.1, -0.05) is 37.6 Å². The number of hydrogen-bond acceptors (Lipinski definition) is 10. The van der Waals surface area contributed by atoms with E-state index in [1.807, 2.05) is 6.07 Å². The van der Waals surface area contributed by atoms with Crippen LogP contribution < -0.4 is 80.3 Å². The molecule has 1 aliphatic heterocycles. The average Bonchev–Trinajstić information content (AvgIpc) is 2.96.